The Morgan fingerprint density at radius 1 is 1.72 bits per heavy atom. The third-order valence-corrected chi connectivity index (χ3v) is 4.81. The van der Waals surface area contributed by atoms with Gasteiger partial charge >= 0.3 is 5.97 Å². The SMILES string of the molecule is CCOC(=O)C1CSC2(c3ccco3)CC(=O)N12. The summed E-state index contributed by atoms with van der Waals surface area (Å²) in [6.45, 7) is 2.09. The van der Waals surface area contributed by atoms with Crippen molar-refractivity contribution in [3.63, 3.8) is 0 Å². The second-order valence-corrected chi connectivity index (χ2v) is 5.58. The van der Waals surface area contributed by atoms with Crippen molar-refractivity contribution in [2.45, 2.75) is 24.3 Å². The molecule has 0 aliphatic carbocycles. The Morgan fingerprint density at radius 3 is 3.17 bits per heavy atom. The van der Waals surface area contributed by atoms with Crippen LogP contribution in [0.15, 0.2) is 22.8 Å². The minimum absolute atomic E-state index is 0.0190. The van der Waals surface area contributed by atoms with E-state index in [0.717, 1.165) is 5.76 Å². The second kappa shape index (κ2) is 4.05. The first kappa shape index (κ1) is 11.6. The molecule has 1 amide bonds. The molecule has 2 atom stereocenters. The van der Waals surface area contributed by atoms with Gasteiger partial charge in [-0.1, -0.05) is 0 Å². The fraction of sp³-hybridized carbons (Fsp3) is 0.500. The Morgan fingerprint density at radius 2 is 2.56 bits per heavy atom. The quantitative estimate of drug-likeness (QED) is 0.611. The van der Waals surface area contributed by atoms with Crippen LogP contribution in [-0.4, -0.2) is 35.2 Å². The number of nitrogens with zero attached hydrogens (tertiary/aromatic N) is 1. The molecule has 6 heteroatoms. The van der Waals surface area contributed by atoms with Crippen molar-refractivity contribution in [3.05, 3.63) is 24.2 Å². The Bertz CT molecular complexity index is 486. The van der Waals surface area contributed by atoms with Crippen molar-refractivity contribution in [2.24, 2.45) is 0 Å². The van der Waals surface area contributed by atoms with Crippen LogP contribution in [0.25, 0.3) is 0 Å². The van der Waals surface area contributed by atoms with Crippen LogP contribution < -0.4 is 0 Å². The van der Waals surface area contributed by atoms with Crippen molar-refractivity contribution in [3.8, 4) is 0 Å². The topological polar surface area (TPSA) is 59.8 Å². The predicted octanol–water partition coefficient (Wildman–Crippen LogP) is 1.34. The number of carbonyl (C=O) groups excluding carboxylic acids is 2. The molecule has 3 rings (SSSR count). The molecule has 5 nitrogen and oxygen atoms in total. The molecule has 0 aromatic carbocycles. The summed E-state index contributed by atoms with van der Waals surface area (Å²) in [5.41, 5.74) is 0. The highest BCUT2D eigenvalue weighted by atomic mass is 32.2. The average molecular weight is 267 g/mol. The molecule has 1 aromatic rings. The van der Waals surface area contributed by atoms with Crippen LogP contribution in [0.2, 0.25) is 0 Å². The Labute approximate surface area is 108 Å². The molecule has 96 valence electrons. The molecule has 2 saturated heterocycles. The number of rotatable bonds is 3. The molecule has 18 heavy (non-hydrogen) atoms. The molecular weight excluding hydrogens is 254 g/mol. The number of esters is 1. The van der Waals surface area contributed by atoms with E-state index in [4.69, 9.17) is 9.15 Å². The Hall–Kier alpha value is -1.43. The fourth-order valence-electron chi connectivity index (χ4n) is 2.51. The van der Waals surface area contributed by atoms with Crippen LogP contribution in [0, 0.1) is 0 Å². The third kappa shape index (κ3) is 1.41. The molecule has 0 N–H and O–H groups in total. The molecule has 2 unspecified atom stereocenters. The lowest BCUT2D eigenvalue weighted by Gasteiger charge is -2.46. The molecule has 0 bridgehead atoms. The summed E-state index contributed by atoms with van der Waals surface area (Å²) in [6.07, 6.45) is 1.98. The summed E-state index contributed by atoms with van der Waals surface area (Å²) in [5, 5.41) is 0. The van der Waals surface area contributed by atoms with Crippen LogP contribution in [0.1, 0.15) is 19.1 Å². The van der Waals surface area contributed by atoms with Crippen LogP contribution in [-0.2, 0) is 19.2 Å². The van der Waals surface area contributed by atoms with E-state index in [1.807, 2.05) is 6.07 Å². The lowest BCUT2D eigenvalue weighted by atomic mass is 9.96. The number of thioether (sulfide) groups is 1. The molecule has 2 fully saturated rings. The largest absolute Gasteiger partial charge is 0.466 e. The number of furan rings is 1. The normalized spacial score (nSPS) is 29.9. The molecule has 2 aliphatic rings. The van der Waals surface area contributed by atoms with Crippen LogP contribution in [0.5, 0.6) is 0 Å². The first-order valence-electron chi connectivity index (χ1n) is 5.86. The van der Waals surface area contributed by atoms with Gasteiger partial charge in [0.05, 0.1) is 19.3 Å². The van der Waals surface area contributed by atoms with E-state index in [-0.39, 0.29) is 11.9 Å². The molecule has 2 aliphatic heterocycles. The summed E-state index contributed by atoms with van der Waals surface area (Å²) >= 11 is 1.57. The highest BCUT2D eigenvalue weighted by Crippen LogP contribution is 2.56. The molecule has 0 saturated carbocycles. The van der Waals surface area contributed by atoms with Crippen molar-refractivity contribution < 1.29 is 18.7 Å². The highest BCUT2D eigenvalue weighted by Gasteiger charge is 2.63. The zero-order chi connectivity index (χ0) is 12.8. The number of β-lactam (4-membered cyclic amide) rings is 1. The summed E-state index contributed by atoms with van der Waals surface area (Å²) in [7, 11) is 0. The van der Waals surface area contributed by atoms with Gasteiger partial charge in [0.25, 0.3) is 0 Å². The van der Waals surface area contributed by atoms with E-state index in [2.05, 4.69) is 0 Å². The number of hydrogen-bond acceptors (Lipinski definition) is 5. The molecule has 3 heterocycles. The summed E-state index contributed by atoms with van der Waals surface area (Å²) in [5.74, 6) is 0.950. The predicted molar refractivity (Wildman–Crippen MR) is 64.7 cm³/mol. The van der Waals surface area contributed by atoms with Gasteiger partial charge in [-0.3, -0.25) is 4.79 Å². The standard InChI is InChI=1S/C12H13NO4S/c1-2-16-11(15)8-7-18-12(6-10(14)13(8)12)9-4-3-5-17-9/h3-5,8H,2,6-7H2,1H3. The highest BCUT2D eigenvalue weighted by molar-refractivity contribution is 8.00. The van der Waals surface area contributed by atoms with Gasteiger partial charge in [-0.2, -0.15) is 0 Å². The van der Waals surface area contributed by atoms with Gasteiger partial charge < -0.3 is 14.1 Å². The minimum Gasteiger partial charge on any atom is -0.466 e. The second-order valence-electron chi connectivity index (χ2n) is 4.28. The maximum absolute atomic E-state index is 11.8. The third-order valence-electron chi connectivity index (χ3n) is 3.31. The van der Waals surface area contributed by atoms with Crippen molar-refractivity contribution >= 4 is 23.6 Å². The van der Waals surface area contributed by atoms with Gasteiger partial charge in [-0.15, -0.1) is 11.8 Å². The van der Waals surface area contributed by atoms with E-state index < -0.39 is 10.9 Å². The minimum atomic E-state index is -0.488. The van der Waals surface area contributed by atoms with Crippen LogP contribution >= 0.6 is 11.8 Å². The first-order valence-corrected chi connectivity index (χ1v) is 6.84. The Balaban J connectivity index is 1.88. The van der Waals surface area contributed by atoms with E-state index in [0.29, 0.717) is 18.8 Å². The number of ether oxygens (including phenoxy) is 1. The fourth-order valence-corrected chi connectivity index (χ4v) is 4.08. The lowest BCUT2D eigenvalue weighted by Crippen LogP contribution is -2.60. The molecular formula is C12H13NO4S. The van der Waals surface area contributed by atoms with E-state index in [1.54, 1.807) is 35.9 Å². The number of amides is 1. The number of fused-ring (bicyclic) bond motifs is 1. The Kier molecular flexibility index (Phi) is 2.62. The van der Waals surface area contributed by atoms with Crippen LogP contribution in [0.3, 0.4) is 0 Å². The number of hydrogen-bond donors (Lipinski definition) is 0. The maximum Gasteiger partial charge on any atom is 0.329 e. The van der Waals surface area contributed by atoms with Gasteiger partial charge in [0.2, 0.25) is 5.91 Å². The van der Waals surface area contributed by atoms with Gasteiger partial charge in [-0.25, -0.2) is 4.79 Å². The first-order chi connectivity index (χ1) is 8.69. The molecule has 0 spiro atoms. The van der Waals surface area contributed by atoms with E-state index in [1.165, 1.54) is 0 Å². The van der Waals surface area contributed by atoms with E-state index >= 15 is 0 Å². The molecule has 1 aromatic heterocycles. The summed E-state index contributed by atoms with van der Waals surface area (Å²) < 4.78 is 10.4. The van der Waals surface area contributed by atoms with Gasteiger partial charge in [0, 0.05) is 5.75 Å². The van der Waals surface area contributed by atoms with Crippen molar-refractivity contribution in [2.75, 3.05) is 12.4 Å². The summed E-state index contributed by atoms with van der Waals surface area (Å²) in [6, 6.07) is 3.16. The monoisotopic (exact) mass is 267 g/mol. The summed E-state index contributed by atoms with van der Waals surface area (Å²) in [4.78, 5) is 24.7. The smallest absolute Gasteiger partial charge is 0.329 e. The maximum atomic E-state index is 11.8. The molecule has 0 radical (unpaired) electrons. The van der Waals surface area contributed by atoms with Crippen molar-refractivity contribution in [1.82, 2.24) is 4.90 Å². The van der Waals surface area contributed by atoms with Crippen LogP contribution in [0.4, 0.5) is 0 Å². The van der Waals surface area contributed by atoms with Gasteiger partial charge in [0.1, 0.15) is 11.8 Å². The van der Waals surface area contributed by atoms with Crippen molar-refractivity contribution in [1.29, 1.82) is 0 Å². The van der Waals surface area contributed by atoms with Gasteiger partial charge in [0.15, 0.2) is 4.87 Å². The number of carbonyl (C=O) groups is 2. The zero-order valence-corrected chi connectivity index (χ0v) is 10.7. The lowest BCUT2D eigenvalue weighted by molar-refractivity contribution is -0.165. The zero-order valence-electron chi connectivity index (χ0n) is 9.92. The van der Waals surface area contributed by atoms with Gasteiger partial charge in [-0.05, 0) is 19.1 Å². The average Bonchev–Trinajstić information content (AvgIpc) is 2.93. The van der Waals surface area contributed by atoms with E-state index in [9.17, 15) is 9.59 Å².